The number of alkyl halides is 3. The minimum atomic E-state index is -4.53. The van der Waals surface area contributed by atoms with E-state index in [2.05, 4.69) is 6.07 Å². The predicted octanol–water partition coefficient (Wildman–Crippen LogP) is 4.55. The first-order valence-electron chi connectivity index (χ1n) is 5.65. The molecule has 0 aliphatic carbocycles. The molecule has 1 heterocycles. The number of ether oxygens (including phenoxy) is 2. The zero-order valence-electron chi connectivity index (χ0n) is 9.92. The van der Waals surface area contributed by atoms with E-state index < -0.39 is 11.7 Å². The van der Waals surface area contributed by atoms with Gasteiger partial charge in [0.1, 0.15) is 0 Å². The highest BCUT2D eigenvalue weighted by Gasteiger charge is 2.35. The molecule has 103 valence electrons. The van der Waals surface area contributed by atoms with Gasteiger partial charge in [-0.1, -0.05) is 29.8 Å². The van der Waals surface area contributed by atoms with Crippen LogP contribution in [0, 0.1) is 6.07 Å². The summed E-state index contributed by atoms with van der Waals surface area (Å²) in [6.07, 6.45) is -4.53. The maximum atomic E-state index is 13.1. The third-order valence-corrected chi connectivity index (χ3v) is 3.21. The van der Waals surface area contributed by atoms with Gasteiger partial charge in [0.2, 0.25) is 6.79 Å². The van der Waals surface area contributed by atoms with Gasteiger partial charge < -0.3 is 9.47 Å². The molecule has 0 spiro atoms. The second kappa shape index (κ2) is 4.59. The largest absolute Gasteiger partial charge is 0.454 e. The molecule has 2 nitrogen and oxygen atoms in total. The second-order valence-corrected chi connectivity index (χ2v) is 4.52. The number of rotatable bonds is 1. The van der Waals surface area contributed by atoms with Crippen LogP contribution in [0.15, 0.2) is 30.3 Å². The van der Waals surface area contributed by atoms with E-state index in [9.17, 15) is 13.2 Å². The standard InChI is InChI=1S/C14H7ClF3O2/c15-10-5-6-11-13(20-7-19-11)12(10)8-3-1-2-4-9(8)14(16,17)18/h1-3,5-6H,7H2. The number of hydrogen-bond acceptors (Lipinski definition) is 2. The molecule has 2 aromatic rings. The molecule has 3 rings (SSSR count). The summed E-state index contributed by atoms with van der Waals surface area (Å²) < 4.78 is 49.6. The summed E-state index contributed by atoms with van der Waals surface area (Å²) in [5.74, 6) is 0.601. The van der Waals surface area contributed by atoms with E-state index in [0.717, 1.165) is 0 Å². The Morgan fingerprint density at radius 1 is 1.15 bits per heavy atom. The second-order valence-electron chi connectivity index (χ2n) is 4.11. The molecule has 0 saturated heterocycles. The fourth-order valence-electron chi connectivity index (χ4n) is 2.08. The summed E-state index contributed by atoms with van der Waals surface area (Å²) >= 11 is 6.05. The molecule has 1 radical (unpaired) electrons. The lowest BCUT2D eigenvalue weighted by Gasteiger charge is -2.15. The van der Waals surface area contributed by atoms with Crippen LogP contribution < -0.4 is 9.47 Å². The summed E-state index contributed by atoms with van der Waals surface area (Å²) in [5.41, 5.74) is -0.788. The molecule has 0 amide bonds. The maximum absolute atomic E-state index is 13.1. The van der Waals surface area contributed by atoms with Crippen molar-refractivity contribution in [2.45, 2.75) is 6.18 Å². The lowest BCUT2D eigenvalue weighted by Crippen LogP contribution is -2.07. The van der Waals surface area contributed by atoms with Crippen molar-refractivity contribution in [3.63, 3.8) is 0 Å². The maximum Gasteiger partial charge on any atom is 0.417 e. The molecule has 0 unspecified atom stereocenters. The Morgan fingerprint density at radius 2 is 1.95 bits per heavy atom. The van der Waals surface area contributed by atoms with Crippen LogP contribution in [-0.2, 0) is 6.18 Å². The molecule has 0 fully saturated rings. The van der Waals surface area contributed by atoms with Gasteiger partial charge in [-0.15, -0.1) is 0 Å². The third kappa shape index (κ3) is 2.08. The fraction of sp³-hybridized carbons (Fsp3) is 0.143. The zero-order chi connectivity index (χ0) is 14.3. The average Bonchev–Trinajstić information content (AvgIpc) is 2.86. The molecular weight excluding hydrogens is 293 g/mol. The van der Waals surface area contributed by atoms with E-state index >= 15 is 0 Å². The Balaban J connectivity index is 2.28. The van der Waals surface area contributed by atoms with Crippen LogP contribution in [0.5, 0.6) is 11.5 Å². The first kappa shape index (κ1) is 13.1. The highest BCUT2D eigenvalue weighted by atomic mass is 35.5. The molecule has 0 atom stereocenters. The molecule has 20 heavy (non-hydrogen) atoms. The number of benzene rings is 2. The number of hydrogen-bond donors (Lipinski definition) is 0. The van der Waals surface area contributed by atoms with Gasteiger partial charge in [-0.3, -0.25) is 0 Å². The van der Waals surface area contributed by atoms with Crippen LogP contribution in [0.25, 0.3) is 11.1 Å². The Kier molecular flexibility index (Phi) is 3.01. The van der Waals surface area contributed by atoms with Gasteiger partial charge in [0.05, 0.1) is 10.6 Å². The van der Waals surface area contributed by atoms with E-state index in [0.29, 0.717) is 5.75 Å². The van der Waals surface area contributed by atoms with Crippen molar-refractivity contribution < 1.29 is 22.6 Å². The van der Waals surface area contributed by atoms with Crippen molar-refractivity contribution in [1.29, 1.82) is 0 Å². The molecule has 1 aliphatic heterocycles. The van der Waals surface area contributed by atoms with Crippen LogP contribution in [0.2, 0.25) is 5.02 Å². The molecular formula is C14H7ClF3O2. The Labute approximate surface area is 117 Å². The van der Waals surface area contributed by atoms with Crippen LogP contribution in [0.4, 0.5) is 13.2 Å². The topological polar surface area (TPSA) is 18.5 Å². The van der Waals surface area contributed by atoms with E-state index in [1.54, 1.807) is 6.07 Å². The van der Waals surface area contributed by atoms with Gasteiger partial charge in [-0.05, 0) is 23.8 Å². The lowest BCUT2D eigenvalue weighted by molar-refractivity contribution is -0.137. The van der Waals surface area contributed by atoms with Crippen LogP contribution in [0.1, 0.15) is 5.56 Å². The summed E-state index contributed by atoms with van der Waals surface area (Å²) in [7, 11) is 0. The van der Waals surface area contributed by atoms with Crippen molar-refractivity contribution in [1.82, 2.24) is 0 Å². The van der Waals surface area contributed by atoms with Gasteiger partial charge in [-0.2, -0.15) is 13.2 Å². The van der Waals surface area contributed by atoms with Crippen molar-refractivity contribution in [3.8, 4) is 22.6 Å². The smallest absolute Gasteiger partial charge is 0.417 e. The highest BCUT2D eigenvalue weighted by molar-refractivity contribution is 6.34. The van der Waals surface area contributed by atoms with Crippen molar-refractivity contribution >= 4 is 11.6 Å². The van der Waals surface area contributed by atoms with Gasteiger partial charge >= 0.3 is 6.18 Å². The predicted molar refractivity (Wildman–Crippen MR) is 66.8 cm³/mol. The summed E-state index contributed by atoms with van der Waals surface area (Å²) in [4.78, 5) is 0. The Morgan fingerprint density at radius 3 is 2.70 bits per heavy atom. The van der Waals surface area contributed by atoms with Crippen molar-refractivity contribution in [2.24, 2.45) is 0 Å². The normalized spacial score (nSPS) is 13.6. The van der Waals surface area contributed by atoms with E-state index in [1.807, 2.05) is 0 Å². The molecule has 1 aliphatic rings. The molecule has 0 bridgehead atoms. The zero-order valence-corrected chi connectivity index (χ0v) is 10.7. The van der Waals surface area contributed by atoms with Crippen LogP contribution >= 0.6 is 11.6 Å². The Bertz CT molecular complexity index is 668. The minimum Gasteiger partial charge on any atom is -0.454 e. The monoisotopic (exact) mass is 299 g/mol. The van der Waals surface area contributed by atoms with Crippen molar-refractivity contribution in [3.05, 3.63) is 47.0 Å². The lowest BCUT2D eigenvalue weighted by atomic mass is 9.98. The number of halogens is 4. The van der Waals surface area contributed by atoms with E-state index in [4.69, 9.17) is 21.1 Å². The summed E-state index contributed by atoms with van der Waals surface area (Å²) in [6, 6.07) is 9.27. The first-order chi connectivity index (χ1) is 9.48. The fourth-order valence-corrected chi connectivity index (χ4v) is 2.33. The average molecular weight is 300 g/mol. The van der Waals surface area contributed by atoms with E-state index in [-0.39, 0.29) is 28.7 Å². The van der Waals surface area contributed by atoms with Crippen molar-refractivity contribution in [2.75, 3.05) is 6.79 Å². The summed E-state index contributed by atoms with van der Waals surface area (Å²) in [6.45, 7) is -0.0411. The third-order valence-electron chi connectivity index (χ3n) is 2.90. The van der Waals surface area contributed by atoms with Crippen LogP contribution in [0.3, 0.4) is 0 Å². The van der Waals surface area contributed by atoms with Crippen LogP contribution in [-0.4, -0.2) is 6.79 Å². The summed E-state index contributed by atoms with van der Waals surface area (Å²) in [5, 5.41) is 0.166. The van der Waals surface area contributed by atoms with Gasteiger partial charge in [0, 0.05) is 5.56 Å². The Hall–Kier alpha value is -1.88. The first-order valence-corrected chi connectivity index (χ1v) is 6.02. The van der Waals surface area contributed by atoms with E-state index in [1.165, 1.54) is 24.3 Å². The minimum absolute atomic E-state index is 0.0411. The number of fused-ring (bicyclic) bond motifs is 1. The molecule has 0 aromatic heterocycles. The molecule has 0 saturated carbocycles. The highest BCUT2D eigenvalue weighted by Crippen LogP contribution is 2.48. The SMILES string of the molecule is FC(F)(F)c1[c]cccc1-c1c(Cl)ccc2c1OCO2. The molecule has 6 heteroatoms. The molecule has 2 aromatic carbocycles. The van der Waals surface area contributed by atoms with Gasteiger partial charge in [0.25, 0.3) is 0 Å². The molecule has 0 N–H and O–H groups in total. The van der Waals surface area contributed by atoms with Gasteiger partial charge in [0.15, 0.2) is 11.5 Å². The van der Waals surface area contributed by atoms with Gasteiger partial charge in [-0.25, -0.2) is 0 Å². The quantitative estimate of drug-likeness (QED) is 0.769.